The molecule has 1 unspecified atom stereocenters. The van der Waals surface area contributed by atoms with E-state index in [1.54, 1.807) is 0 Å². The molecule has 0 radical (unpaired) electrons. The number of halogens is 2. The molecule has 1 aliphatic rings. The van der Waals surface area contributed by atoms with Crippen LogP contribution in [0.15, 0.2) is 12.1 Å². The minimum Gasteiger partial charge on any atom is -0.505 e. The fourth-order valence-corrected chi connectivity index (χ4v) is 2.14. The van der Waals surface area contributed by atoms with Crippen LogP contribution in [0.2, 0.25) is 0 Å². The molecule has 0 bridgehead atoms. The first-order valence-corrected chi connectivity index (χ1v) is 5.57. The van der Waals surface area contributed by atoms with Gasteiger partial charge in [0.1, 0.15) is 5.82 Å². The monoisotopic (exact) mass is 227 g/mol. The molecule has 1 aromatic rings. The smallest absolute Gasteiger partial charge is 0.168 e. The molecule has 0 aromatic heterocycles. The van der Waals surface area contributed by atoms with Crippen LogP contribution in [-0.2, 0) is 6.42 Å². The number of rotatable bonds is 2. The predicted octanol–water partition coefficient (Wildman–Crippen LogP) is 2.35. The van der Waals surface area contributed by atoms with Crippen LogP contribution >= 0.6 is 0 Å². The second-order valence-corrected chi connectivity index (χ2v) is 4.25. The van der Waals surface area contributed by atoms with Gasteiger partial charge in [-0.3, -0.25) is 0 Å². The number of hydrogen-bond donors (Lipinski definition) is 2. The Morgan fingerprint density at radius 2 is 2.12 bits per heavy atom. The minimum absolute atomic E-state index is 0.209. The average molecular weight is 227 g/mol. The molecular formula is C12H15F2NO. The molecule has 88 valence electrons. The van der Waals surface area contributed by atoms with Gasteiger partial charge in [0.2, 0.25) is 0 Å². The Morgan fingerprint density at radius 3 is 2.81 bits per heavy atom. The number of piperidine rings is 1. The van der Waals surface area contributed by atoms with Crippen molar-refractivity contribution in [2.45, 2.75) is 31.7 Å². The molecule has 1 fully saturated rings. The summed E-state index contributed by atoms with van der Waals surface area (Å²) in [7, 11) is 0. The van der Waals surface area contributed by atoms with E-state index in [0.29, 0.717) is 18.1 Å². The van der Waals surface area contributed by atoms with Crippen LogP contribution in [0, 0.1) is 11.6 Å². The first-order chi connectivity index (χ1) is 7.66. The van der Waals surface area contributed by atoms with Crippen LogP contribution < -0.4 is 5.32 Å². The van der Waals surface area contributed by atoms with E-state index in [1.807, 2.05) is 0 Å². The molecule has 2 N–H and O–H groups in total. The molecule has 2 rings (SSSR count). The lowest BCUT2D eigenvalue weighted by Crippen LogP contribution is -2.35. The zero-order valence-electron chi connectivity index (χ0n) is 8.97. The van der Waals surface area contributed by atoms with Crippen LogP contribution in [0.5, 0.6) is 5.75 Å². The number of hydrogen-bond acceptors (Lipinski definition) is 2. The van der Waals surface area contributed by atoms with Crippen molar-refractivity contribution < 1.29 is 13.9 Å². The highest BCUT2D eigenvalue weighted by atomic mass is 19.1. The molecule has 0 saturated carbocycles. The molecule has 1 aromatic carbocycles. The Bertz CT molecular complexity index is 376. The van der Waals surface area contributed by atoms with Crippen molar-refractivity contribution in [3.05, 3.63) is 29.3 Å². The molecular weight excluding hydrogens is 212 g/mol. The van der Waals surface area contributed by atoms with Crippen molar-refractivity contribution in [1.82, 2.24) is 5.32 Å². The van der Waals surface area contributed by atoms with Gasteiger partial charge < -0.3 is 10.4 Å². The number of benzene rings is 1. The molecule has 0 spiro atoms. The van der Waals surface area contributed by atoms with Gasteiger partial charge in [0.25, 0.3) is 0 Å². The summed E-state index contributed by atoms with van der Waals surface area (Å²) in [5.74, 6) is -1.94. The summed E-state index contributed by atoms with van der Waals surface area (Å²) in [6, 6.07) is 2.11. The fraction of sp³-hybridized carbons (Fsp3) is 0.500. The van der Waals surface area contributed by atoms with Gasteiger partial charge in [0.15, 0.2) is 11.6 Å². The third kappa shape index (κ3) is 2.50. The van der Waals surface area contributed by atoms with Gasteiger partial charge in [-0.2, -0.15) is 0 Å². The van der Waals surface area contributed by atoms with Crippen LogP contribution in [0.1, 0.15) is 24.8 Å². The summed E-state index contributed by atoms with van der Waals surface area (Å²) in [5.41, 5.74) is 0.344. The molecule has 1 aliphatic heterocycles. The summed E-state index contributed by atoms with van der Waals surface area (Å²) in [4.78, 5) is 0. The van der Waals surface area contributed by atoms with E-state index in [0.717, 1.165) is 25.8 Å². The molecule has 16 heavy (non-hydrogen) atoms. The average Bonchev–Trinajstić information content (AvgIpc) is 2.27. The van der Waals surface area contributed by atoms with Gasteiger partial charge in [0.05, 0.1) is 0 Å². The lowest BCUT2D eigenvalue weighted by atomic mass is 9.97. The highest BCUT2D eigenvalue weighted by Crippen LogP contribution is 2.25. The first-order valence-electron chi connectivity index (χ1n) is 5.57. The summed E-state index contributed by atoms with van der Waals surface area (Å²) in [6.45, 7) is 0.934. The van der Waals surface area contributed by atoms with Crippen molar-refractivity contribution in [1.29, 1.82) is 0 Å². The van der Waals surface area contributed by atoms with Crippen LogP contribution in [0.4, 0.5) is 8.78 Å². The molecule has 1 atom stereocenters. The number of phenolic OH excluding ortho intramolecular Hbond substituents is 1. The zero-order chi connectivity index (χ0) is 11.5. The van der Waals surface area contributed by atoms with Crippen LogP contribution in [0.25, 0.3) is 0 Å². The van der Waals surface area contributed by atoms with Crippen molar-refractivity contribution in [2.75, 3.05) is 6.54 Å². The van der Waals surface area contributed by atoms with Crippen LogP contribution in [-0.4, -0.2) is 17.7 Å². The molecule has 4 heteroatoms. The van der Waals surface area contributed by atoms with Crippen molar-refractivity contribution in [3.63, 3.8) is 0 Å². The highest BCUT2D eigenvalue weighted by molar-refractivity contribution is 5.34. The maximum Gasteiger partial charge on any atom is 0.168 e. The Morgan fingerprint density at radius 1 is 1.31 bits per heavy atom. The van der Waals surface area contributed by atoms with E-state index in [-0.39, 0.29) is 6.04 Å². The first kappa shape index (κ1) is 11.3. The fourth-order valence-electron chi connectivity index (χ4n) is 2.14. The predicted molar refractivity (Wildman–Crippen MR) is 57.4 cm³/mol. The van der Waals surface area contributed by atoms with E-state index < -0.39 is 17.4 Å². The van der Waals surface area contributed by atoms with Gasteiger partial charge in [0, 0.05) is 17.7 Å². The molecule has 1 saturated heterocycles. The topological polar surface area (TPSA) is 32.3 Å². The molecule has 0 aliphatic carbocycles. The van der Waals surface area contributed by atoms with E-state index in [9.17, 15) is 13.9 Å². The number of nitrogens with one attached hydrogen (secondary N) is 1. The summed E-state index contributed by atoms with van der Waals surface area (Å²) >= 11 is 0. The Labute approximate surface area is 93.3 Å². The van der Waals surface area contributed by atoms with Crippen molar-refractivity contribution in [3.8, 4) is 5.75 Å². The lowest BCUT2D eigenvalue weighted by Gasteiger charge is -2.23. The summed E-state index contributed by atoms with van der Waals surface area (Å²) in [6.07, 6.45) is 3.72. The Kier molecular flexibility index (Phi) is 3.39. The summed E-state index contributed by atoms with van der Waals surface area (Å²) in [5, 5.41) is 12.8. The maximum absolute atomic E-state index is 13.1. The second kappa shape index (κ2) is 4.78. The minimum atomic E-state index is -0.884. The molecule has 0 amide bonds. The van der Waals surface area contributed by atoms with E-state index in [2.05, 4.69) is 5.32 Å². The number of aromatic hydroxyl groups is 1. The van der Waals surface area contributed by atoms with Gasteiger partial charge >= 0.3 is 0 Å². The third-order valence-electron chi connectivity index (χ3n) is 2.99. The Balaban J connectivity index is 2.13. The summed E-state index contributed by atoms with van der Waals surface area (Å²) < 4.78 is 26.1. The molecule has 2 nitrogen and oxygen atoms in total. The van der Waals surface area contributed by atoms with Gasteiger partial charge in [-0.15, -0.1) is 0 Å². The van der Waals surface area contributed by atoms with E-state index in [4.69, 9.17) is 0 Å². The second-order valence-electron chi connectivity index (χ2n) is 4.25. The lowest BCUT2D eigenvalue weighted by molar-refractivity contribution is 0.382. The standard InChI is InChI=1S/C12H15F2NO/c13-9-5-8(12(16)11(14)7-9)6-10-3-1-2-4-15-10/h5,7,10,15-16H,1-4,6H2. The maximum atomic E-state index is 13.1. The molecule has 1 heterocycles. The highest BCUT2D eigenvalue weighted by Gasteiger charge is 2.17. The van der Waals surface area contributed by atoms with E-state index >= 15 is 0 Å². The van der Waals surface area contributed by atoms with Crippen molar-refractivity contribution in [2.24, 2.45) is 0 Å². The zero-order valence-corrected chi connectivity index (χ0v) is 8.97. The largest absolute Gasteiger partial charge is 0.505 e. The van der Waals surface area contributed by atoms with Crippen LogP contribution in [0.3, 0.4) is 0 Å². The quantitative estimate of drug-likeness (QED) is 0.812. The third-order valence-corrected chi connectivity index (χ3v) is 2.99. The van der Waals surface area contributed by atoms with Gasteiger partial charge in [-0.1, -0.05) is 6.42 Å². The van der Waals surface area contributed by atoms with E-state index in [1.165, 1.54) is 6.07 Å². The SMILES string of the molecule is Oc1c(F)cc(F)cc1CC1CCCCN1. The van der Waals surface area contributed by atoms with Crippen molar-refractivity contribution >= 4 is 0 Å². The number of phenols is 1. The van der Waals surface area contributed by atoms with Gasteiger partial charge in [-0.05, 0) is 31.9 Å². The van der Waals surface area contributed by atoms with Gasteiger partial charge in [-0.25, -0.2) is 8.78 Å². The normalized spacial score (nSPS) is 21.0. The Hall–Kier alpha value is -1.16.